The summed E-state index contributed by atoms with van der Waals surface area (Å²) in [6.07, 6.45) is 17.0. The minimum Gasteiger partial charge on any atom is -0.497 e. The molecule has 2 aromatic carbocycles. The van der Waals surface area contributed by atoms with Crippen LogP contribution in [-0.4, -0.2) is 44.1 Å². The molecule has 0 aliphatic carbocycles. The van der Waals surface area contributed by atoms with Crippen molar-refractivity contribution >= 4 is 23.8 Å². The van der Waals surface area contributed by atoms with Crippen LogP contribution in [-0.2, 0) is 19.5 Å². The van der Waals surface area contributed by atoms with Crippen molar-refractivity contribution in [3.63, 3.8) is 0 Å². The molecule has 0 spiro atoms. The summed E-state index contributed by atoms with van der Waals surface area (Å²) in [5.41, 5.74) is 10.9. The topological polar surface area (TPSA) is 95.8 Å². The molecule has 0 bridgehead atoms. The van der Waals surface area contributed by atoms with E-state index in [2.05, 4.69) is 73.3 Å². The molecule has 58 heavy (non-hydrogen) atoms. The molecule has 0 fully saturated rings. The van der Waals surface area contributed by atoms with E-state index < -0.39 is 0 Å². The van der Waals surface area contributed by atoms with E-state index in [0.717, 1.165) is 67.9 Å². The maximum absolute atomic E-state index is 5.25. The van der Waals surface area contributed by atoms with E-state index in [0.29, 0.717) is 0 Å². The molecular formula is C49H42N6O2Ru. The van der Waals surface area contributed by atoms with Crippen molar-refractivity contribution < 1.29 is 29.0 Å². The summed E-state index contributed by atoms with van der Waals surface area (Å²) in [6.45, 7) is 2.10. The summed E-state index contributed by atoms with van der Waals surface area (Å²) in [5.74, 6) is 1.70. The molecule has 6 aromatic heterocycles. The van der Waals surface area contributed by atoms with Crippen molar-refractivity contribution in [3.8, 4) is 45.7 Å². The Hall–Kier alpha value is -6.96. The van der Waals surface area contributed by atoms with Gasteiger partial charge >= 0.3 is 0 Å². The molecule has 0 saturated heterocycles. The van der Waals surface area contributed by atoms with Gasteiger partial charge in [-0.15, -0.1) is 0 Å². The predicted octanol–water partition coefficient (Wildman–Crippen LogP) is 11.2. The first kappa shape index (κ1) is 42.2. The Bertz CT molecular complexity index is 2320. The SMILES string of the molecule is COc1ccc(/C=C/c2ccnc(-c3cc(/C=C(\C)c4ccc(OC)cc4)ccn3)c2)cc1.[Ru].c1ccc(-c2ccccn2)nc1.c1ccc(-c2ccccn2)nc1. The van der Waals surface area contributed by atoms with Gasteiger partial charge in [0.25, 0.3) is 0 Å². The van der Waals surface area contributed by atoms with Crippen molar-refractivity contribution in [1.29, 1.82) is 0 Å². The summed E-state index contributed by atoms with van der Waals surface area (Å²) in [7, 11) is 3.34. The van der Waals surface area contributed by atoms with E-state index >= 15 is 0 Å². The van der Waals surface area contributed by atoms with Crippen molar-refractivity contribution in [3.05, 3.63) is 205 Å². The standard InChI is InChI=1S/C29H26N2O2.2C10H8N2.Ru/c1-21(25-8-12-27(33-3)13-9-25)18-24-15-17-31-29(20-24)28-19-23(14-16-30-28)5-4-22-6-10-26(32-2)11-7-22;2*1-3-7-11-9(5-1)10-6-2-4-8-12-10;/h4-20H,1-3H3;2*1-8H;/b5-4+,21-18+;;;. The van der Waals surface area contributed by atoms with E-state index in [-0.39, 0.29) is 19.5 Å². The zero-order valence-electron chi connectivity index (χ0n) is 32.4. The Morgan fingerprint density at radius 1 is 0.397 bits per heavy atom. The fourth-order valence-corrected chi connectivity index (χ4v) is 5.52. The van der Waals surface area contributed by atoms with E-state index in [1.807, 2.05) is 140 Å². The van der Waals surface area contributed by atoms with Gasteiger partial charge in [0, 0.05) is 56.7 Å². The molecule has 0 aliphatic rings. The van der Waals surface area contributed by atoms with Crippen LogP contribution >= 0.6 is 0 Å². The van der Waals surface area contributed by atoms with Crippen LogP contribution in [0.4, 0.5) is 0 Å². The molecule has 0 unspecified atom stereocenters. The Morgan fingerprint density at radius 3 is 1.19 bits per heavy atom. The molecule has 0 aliphatic heterocycles. The number of nitrogens with zero attached hydrogens (tertiary/aromatic N) is 6. The van der Waals surface area contributed by atoms with Crippen molar-refractivity contribution in [2.75, 3.05) is 14.2 Å². The Balaban J connectivity index is 0.000000207. The van der Waals surface area contributed by atoms with Gasteiger partial charge < -0.3 is 9.47 Å². The maximum atomic E-state index is 5.25. The van der Waals surface area contributed by atoms with Crippen LogP contribution in [0.15, 0.2) is 183 Å². The molecule has 6 heterocycles. The zero-order valence-corrected chi connectivity index (χ0v) is 34.1. The van der Waals surface area contributed by atoms with Crippen LogP contribution in [0.5, 0.6) is 11.5 Å². The van der Waals surface area contributed by atoms with Gasteiger partial charge in [0.05, 0.1) is 48.4 Å². The van der Waals surface area contributed by atoms with Gasteiger partial charge in [-0.05, 0) is 132 Å². The number of methoxy groups -OCH3 is 2. The normalized spacial score (nSPS) is 10.6. The maximum Gasteiger partial charge on any atom is 0.118 e. The third kappa shape index (κ3) is 12.8. The number of hydrogen-bond acceptors (Lipinski definition) is 8. The molecule has 0 radical (unpaired) electrons. The molecule has 9 heteroatoms. The van der Waals surface area contributed by atoms with Crippen molar-refractivity contribution in [1.82, 2.24) is 29.9 Å². The minimum atomic E-state index is 0. The van der Waals surface area contributed by atoms with Crippen LogP contribution in [0.3, 0.4) is 0 Å². The molecule has 288 valence electrons. The Morgan fingerprint density at radius 2 is 0.776 bits per heavy atom. The Labute approximate surface area is 352 Å². The summed E-state index contributed by atoms with van der Waals surface area (Å²) < 4.78 is 10.5. The molecule has 0 N–H and O–H groups in total. The monoisotopic (exact) mass is 848 g/mol. The van der Waals surface area contributed by atoms with Gasteiger partial charge in [0.1, 0.15) is 11.5 Å². The average molecular weight is 848 g/mol. The van der Waals surface area contributed by atoms with Gasteiger partial charge in [-0.1, -0.05) is 66.8 Å². The third-order valence-electron chi connectivity index (χ3n) is 8.53. The molecule has 0 amide bonds. The second-order valence-electron chi connectivity index (χ2n) is 12.5. The number of ether oxygens (including phenoxy) is 2. The van der Waals surface area contributed by atoms with Crippen LogP contribution in [0.1, 0.15) is 29.2 Å². The smallest absolute Gasteiger partial charge is 0.118 e. The second kappa shape index (κ2) is 22.6. The van der Waals surface area contributed by atoms with E-state index in [4.69, 9.17) is 9.47 Å². The second-order valence-corrected chi connectivity index (χ2v) is 12.5. The number of pyridine rings is 6. The van der Waals surface area contributed by atoms with Gasteiger partial charge in [0.2, 0.25) is 0 Å². The van der Waals surface area contributed by atoms with Crippen LogP contribution in [0.2, 0.25) is 0 Å². The van der Waals surface area contributed by atoms with E-state index in [9.17, 15) is 0 Å². The summed E-state index contributed by atoms with van der Waals surface area (Å²) >= 11 is 0. The number of benzene rings is 2. The van der Waals surface area contributed by atoms with E-state index in [1.54, 1.807) is 39.0 Å². The first-order valence-electron chi connectivity index (χ1n) is 18.3. The molecule has 0 saturated carbocycles. The average Bonchev–Trinajstić information content (AvgIpc) is 3.30. The minimum absolute atomic E-state index is 0. The fourth-order valence-electron chi connectivity index (χ4n) is 5.52. The van der Waals surface area contributed by atoms with Gasteiger partial charge in [0.15, 0.2) is 0 Å². The van der Waals surface area contributed by atoms with Gasteiger partial charge in [-0.2, -0.15) is 0 Å². The first-order chi connectivity index (χ1) is 28.1. The molecular weight excluding hydrogens is 806 g/mol. The largest absolute Gasteiger partial charge is 0.497 e. The number of rotatable bonds is 9. The summed E-state index contributed by atoms with van der Waals surface area (Å²) in [5, 5.41) is 0. The zero-order chi connectivity index (χ0) is 39.5. The van der Waals surface area contributed by atoms with E-state index in [1.165, 1.54) is 5.57 Å². The third-order valence-corrected chi connectivity index (χ3v) is 8.53. The molecule has 8 nitrogen and oxygen atoms in total. The number of aromatic nitrogens is 6. The number of allylic oxidation sites excluding steroid dienone is 1. The Kier molecular flexibility index (Phi) is 16.4. The van der Waals surface area contributed by atoms with Crippen LogP contribution in [0, 0.1) is 0 Å². The van der Waals surface area contributed by atoms with Crippen molar-refractivity contribution in [2.45, 2.75) is 6.92 Å². The molecule has 8 rings (SSSR count). The summed E-state index contributed by atoms with van der Waals surface area (Å²) in [6, 6.07) is 47.3. The molecule has 0 atom stereocenters. The van der Waals surface area contributed by atoms with Gasteiger partial charge in [-0.3, -0.25) is 29.9 Å². The van der Waals surface area contributed by atoms with Gasteiger partial charge in [-0.25, -0.2) is 0 Å². The molecule has 8 aromatic rings. The quantitative estimate of drug-likeness (QED) is 0.133. The van der Waals surface area contributed by atoms with Crippen LogP contribution in [0.25, 0.3) is 58.0 Å². The first-order valence-corrected chi connectivity index (χ1v) is 18.3. The van der Waals surface area contributed by atoms with Crippen molar-refractivity contribution in [2.24, 2.45) is 0 Å². The van der Waals surface area contributed by atoms with Crippen LogP contribution < -0.4 is 9.47 Å². The number of hydrogen-bond donors (Lipinski definition) is 0. The summed E-state index contributed by atoms with van der Waals surface area (Å²) in [4.78, 5) is 25.8. The fraction of sp³-hybridized carbons (Fsp3) is 0.0612. The predicted molar refractivity (Wildman–Crippen MR) is 231 cm³/mol.